The molecule has 1 heterocycles. The second-order valence-corrected chi connectivity index (χ2v) is 4.37. The van der Waals surface area contributed by atoms with Gasteiger partial charge in [0.15, 0.2) is 11.6 Å². The largest absolute Gasteiger partial charge is 0.436 e. The van der Waals surface area contributed by atoms with E-state index in [1.807, 2.05) is 20.0 Å². The molecule has 106 valence electrons. The van der Waals surface area contributed by atoms with Crippen molar-refractivity contribution < 1.29 is 13.5 Å². The second kappa shape index (κ2) is 6.43. The molecule has 0 aliphatic rings. The average molecular weight is 278 g/mol. The topological polar surface area (TPSA) is 34.1 Å². The van der Waals surface area contributed by atoms with Crippen LogP contribution in [0.25, 0.3) is 0 Å². The molecule has 20 heavy (non-hydrogen) atoms. The number of rotatable bonds is 5. The lowest BCUT2D eigenvalue weighted by atomic mass is 10.2. The van der Waals surface area contributed by atoms with Crippen molar-refractivity contribution in [2.24, 2.45) is 0 Å². The maximum atomic E-state index is 13.6. The van der Waals surface area contributed by atoms with Crippen LogP contribution in [0.2, 0.25) is 0 Å². The van der Waals surface area contributed by atoms with Crippen LogP contribution in [0.5, 0.6) is 11.6 Å². The van der Waals surface area contributed by atoms with E-state index in [2.05, 4.69) is 10.3 Å². The Morgan fingerprint density at radius 1 is 1.20 bits per heavy atom. The van der Waals surface area contributed by atoms with Crippen LogP contribution in [0.4, 0.5) is 8.78 Å². The Hall–Kier alpha value is -2.01. The van der Waals surface area contributed by atoms with Gasteiger partial charge in [-0.3, -0.25) is 0 Å². The van der Waals surface area contributed by atoms with Crippen molar-refractivity contribution in [3.05, 3.63) is 53.2 Å². The maximum Gasteiger partial charge on any atom is 0.219 e. The average Bonchev–Trinajstić information content (AvgIpc) is 2.43. The lowest BCUT2D eigenvalue weighted by Gasteiger charge is -2.10. The first-order chi connectivity index (χ1) is 9.62. The molecule has 0 amide bonds. The van der Waals surface area contributed by atoms with E-state index < -0.39 is 11.6 Å². The zero-order chi connectivity index (χ0) is 14.5. The second-order valence-electron chi connectivity index (χ2n) is 4.37. The summed E-state index contributed by atoms with van der Waals surface area (Å²) in [5.41, 5.74) is 1.82. The van der Waals surface area contributed by atoms with E-state index in [0.717, 1.165) is 35.9 Å². The Bertz CT molecular complexity index is 602. The molecule has 5 heteroatoms. The van der Waals surface area contributed by atoms with Gasteiger partial charge in [-0.2, -0.15) is 0 Å². The summed E-state index contributed by atoms with van der Waals surface area (Å²) in [5, 5.41) is 3.03. The van der Waals surface area contributed by atoms with Gasteiger partial charge in [-0.15, -0.1) is 0 Å². The third-order valence-corrected chi connectivity index (χ3v) is 2.77. The molecule has 0 bridgehead atoms. The van der Waals surface area contributed by atoms with Gasteiger partial charge in [0.25, 0.3) is 0 Å². The van der Waals surface area contributed by atoms with E-state index in [9.17, 15) is 8.78 Å². The minimum atomic E-state index is -0.620. The van der Waals surface area contributed by atoms with Crippen LogP contribution in [0.1, 0.15) is 18.2 Å². The van der Waals surface area contributed by atoms with Gasteiger partial charge in [-0.05, 0) is 37.2 Å². The predicted octanol–water partition coefficient (Wildman–Crippen LogP) is 3.43. The molecule has 0 spiro atoms. The first kappa shape index (κ1) is 14.4. The lowest BCUT2D eigenvalue weighted by molar-refractivity contribution is 0.420. The van der Waals surface area contributed by atoms with E-state index in [4.69, 9.17) is 4.74 Å². The van der Waals surface area contributed by atoms with Crippen molar-refractivity contribution in [3.8, 4) is 11.6 Å². The van der Waals surface area contributed by atoms with Crippen molar-refractivity contribution in [2.45, 2.75) is 19.9 Å². The molecular formula is C15H16F2N2O. The number of aryl methyl sites for hydroxylation is 1. The zero-order valence-corrected chi connectivity index (χ0v) is 11.4. The maximum absolute atomic E-state index is 13.6. The van der Waals surface area contributed by atoms with Crippen molar-refractivity contribution in [1.82, 2.24) is 10.3 Å². The van der Waals surface area contributed by atoms with E-state index in [-0.39, 0.29) is 11.6 Å². The summed E-state index contributed by atoms with van der Waals surface area (Å²) in [6.07, 6.45) is 0.736. The molecule has 0 aliphatic carbocycles. The standard InChI is InChI=1S/C15H16F2N2O/c1-3-12-6-10(9-18-2)7-15(19-12)20-14-8-11(16)4-5-13(14)17/h4-8,18H,3,9H2,1-2H3. The molecule has 1 aromatic carbocycles. The summed E-state index contributed by atoms with van der Waals surface area (Å²) in [6, 6.07) is 6.74. The van der Waals surface area contributed by atoms with Gasteiger partial charge >= 0.3 is 0 Å². The fourth-order valence-electron chi connectivity index (χ4n) is 1.83. The van der Waals surface area contributed by atoms with Crippen molar-refractivity contribution in [2.75, 3.05) is 7.05 Å². The van der Waals surface area contributed by atoms with E-state index in [1.54, 1.807) is 6.07 Å². The summed E-state index contributed by atoms with van der Waals surface area (Å²) >= 11 is 0. The lowest BCUT2D eigenvalue weighted by Crippen LogP contribution is -2.06. The molecule has 1 aromatic heterocycles. The normalized spacial score (nSPS) is 10.6. The highest BCUT2D eigenvalue weighted by Crippen LogP contribution is 2.25. The van der Waals surface area contributed by atoms with Crippen LogP contribution in [0.15, 0.2) is 30.3 Å². The highest BCUT2D eigenvalue weighted by atomic mass is 19.1. The third-order valence-electron chi connectivity index (χ3n) is 2.77. The van der Waals surface area contributed by atoms with Crippen LogP contribution in [-0.2, 0) is 13.0 Å². The fraction of sp³-hybridized carbons (Fsp3) is 0.267. The molecule has 3 nitrogen and oxygen atoms in total. The summed E-state index contributed by atoms with van der Waals surface area (Å²) in [5.74, 6) is -1.07. The van der Waals surface area contributed by atoms with Crippen molar-refractivity contribution >= 4 is 0 Å². The van der Waals surface area contributed by atoms with Crippen LogP contribution < -0.4 is 10.1 Å². The van der Waals surface area contributed by atoms with E-state index >= 15 is 0 Å². The Balaban J connectivity index is 2.32. The van der Waals surface area contributed by atoms with E-state index in [1.165, 1.54) is 0 Å². The monoisotopic (exact) mass is 278 g/mol. The Morgan fingerprint density at radius 3 is 2.70 bits per heavy atom. The smallest absolute Gasteiger partial charge is 0.219 e. The number of pyridine rings is 1. The van der Waals surface area contributed by atoms with Crippen LogP contribution in [0.3, 0.4) is 0 Å². The predicted molar refractivity (Wildman–Crippen MR) is 72.8 cm³/mol. The van der Waals surface area contributed by atoms with Gasteiger partial charge in [-0.25, -0.2) is 13.8 Å². The number of hydrogen-bond acceptors (Lipinski definition) is 3. The molecule has 0 atom stereocenters. The molecule has 0 unspecified atom stereocenters. The summed E-state index contributed by atoms with van der Waals surface area (Å²) in [4.78, 5) is 4.26. The first-order valence-electron chi connectivity index (χ1n) is 6.39. The minimum absolute atomic E-state index is 0.166. The Labute approximate surface area is 116 Å². The van der Waals surface area contributed by atoms with Gasteiger partial charge in [0, 0.05) is 24.4 Å². The quantitative estimate of drug-likeness (QED) is 0.909. The molecule has 0 radical (unpaired) electrons. The summed E-state index contributed by atoms with van der Waals surface area (Å²) < 4.78 is 32.0. The third kappa shape index (κ3) is 3.51. The van der Waals surface area contributed by atoms with E-state index in [0.29, 0.717) is 6.54 Å². The number of nitrogens with one attached hydrogen (secondary N) is 1. The molecule has 0 aliphatic heterocycles. The highest BCUT2D eigenvalue weighted by molar-refractivity contribution is 5.32. The molecule has 0 saturated heterocycles. The number of hydrogen-bond donors (Lipinski definition) is 1. The van der Waals surface area contributed by atoms with Crippen LogP contribution in [0, 0.1) is 11.6 Å². The highest BCUT2D eigenvalue weighted by Gasteiger charge is 2.09. The molecule has 1 N–H and O–H groups in total. The van der Waals surface area contributed by atoms with Gasteiger partial charge in [0.2, 0.25) is 5.88 Å². The molecule has 0 fully saturated rings. The molecule has 2 aromatic rings. The SMILES string of the molecule is CCc1cc(CNC)cc(Oc2cc(F)ccc2F)n1. The fourth-order valence-corrected chi connectivity index (χ4v) is 1.83. The zero-order valence-electron chi connectivity index (χ0n) is 11.4. The van der Waals surface area contributed by atoms with Gasteiger partial charge < -0.3 is 10.1 Å². The number of aromatic nitrogens is 1. The van der Waals surface area contributed by atoms with Crippen LogP contribution in [-0.4, -0.2) is 12.0 Å². The molecule has 2 rings (SSSR count). The first-order valence-corrected chi connectivity index (χ1v) is 6.39. The Kier molecular flexibility index (Phi) is 4.63. The Morgan fingerprint density at radius 2 is 2.00 bits per heavy atom. The number of halogens is 2. The van der Waals surface area contributed by atoms with Crippen molar-refractivity contribution in [1.29, 1.82) is 0 Å². The number of ether oxygens (including phenoxy) is 1. The van der Waals surface area contributed by atoms with Gasteiger partial charge in [-0.1, -0.05) is 6.92 Å². The number of benzene rings is 1. The summed E-state index contributed by atoms with van der Waals surface area (Å²) in [6.45, 7) is 2.62. The molecule has 0 saturated carbocycles. The minimum Gasteiger partial charge on any atom is -0.436 e. The molecular weight excluding hydrogens is 262 g/mol. The number of nitrogens with zero attached hydrogens (tertiary/aromatic N) is 1. The van der Waals surface area contributed by atoms with Gasteiger partial charge in [0.1, 0.15) is 5.82 Å². The van der Waals surface area contributed by atoms with Crippen molar-refractivity contribution in [3.63, 3.8) is 0 Å². The van der Waals surface area contributed by atoms with Crippen LogP contribution >= 0.6 is 0 Å². The van der Waals surface area contributed by atoms with Gasteiger partial charge in [0.05, 0.1) is 0 Å². The summed E-state index contributed by atoms with van der Waals surface area (Å²) in [7, 11) is 1.83.